The van der Waals surface area contributed by atoms with E-state index in [1.165, 1.54) is 22.6 Å². The summed E-state index contributed by atoms with van der Waals surface area (Å²) in [5.74, 6) is -0.508. The number of methoxy groups -OCH3 is 1. The molecule has 1 aromatic carbocycles. The third-order valence-corrected chi connectivity index (χ3v) is 8.44. The van der Waals surface area contributed by atoms with Crippen molar-refractivity contribution >= 4 is 39.9 Å². The van der Waals surface area contributed by atoms with Crippen LogP contribution in [0.4, 0.5) is 15.8 Å². The van der Waals surface area contributed by atoms with Crippen molar-refractivity contribution in [3.8, 4) is 22.7 Å². The molecule has 42 heavy (non-hydrogen) atoms. The first-order valence-corrected chi connectivity index (χ1v) is 14.3. The minimum absolute atomic E-state index is 0.0333. The van der Waals surface area contributed by atoms with Gasteiger partial charge in [0.25, 0.3) is 11.5 Å². The molecule has 6 rings (SSSR count). The SMILES string of the molecule is COc1cccc(F)c1-c1nc2c(cc1Cl)c1c(c(=O)n2-c2c(C)ccnc2C(C)C)N(C)C(=O)[C@H]2CN[C@H](C)CN12. The number of aromatic nitrogens is 3. The predicted octanol–water partition coefficient (Wildman–Crippen LogP) is 4.82. The second-order valence-electron chi connectivity index (χ2n) is 11.2. The van der Waals surface area contributed by atoms with Crippen molar-refractivity contribution < 1.29 is 13.9 Å². The van der Waals surface area contributed by atoms with Crippen LogP contribution in [0.25, 0.3) is 28.0 Å². The van der Waals surface area contributed by atoms with E-state index in [9.17, 15) is 9.59 Å². The maximum atomic E-state index is 15.4. The molecule has 1 N–H and O–H groups in total. The minimum atomic E-state index is -0.559. The Morgan fingerprint density at radius 3 is 2.64 bits per heavy atom. The van der Waals surface area contributed by atoms with E-state index in [0.717, 1.165) is 5.56 Å². The van der Waals surface area contributed by atoms with Gasteiger partial charge in [-0.3, -0.25) is 19.1 Å². The molecule has 3 aromatic heterocycles. The monoisotopic (exact) mass is 590 g/mol. The average Bonchev–Trinajstić information content (AvgIpc) is 2.95. The molecule has 1 amide bonds. The van der Waals surface area contributed by atoms with Crippen molar-refractivity contribution in [3.05, 3.63) is 69.0 Å². The topological polar surface area (TPSA) is 92.6 Å². The van der Waals surface area contributed by atoms with Gasteiger partial charge < -0.3 is 19.9 Å². The van der Waals surface area contributed by atoms with Crippen LogP contribution in [0.5, 0.6) is 5.75 Å². The van der Waals surface area contributed by atoms with Crippen molar-refractivity contribution in [2.75, 3.05) is 37.0 Å². The summed E-state index contributed by atoms with van der Waals surface area (Å²) in [6.45, 7) is 8.86. The summed E-state index contributed by atoms with van der Waals surface area (Å²) in [6, 6.07) is 7.61. The molecule has 2 aliphatic heterocycles. The van der Waals surface area contributed by atoms with Crippen LogP contribution >= 0.6 is 11.6 Å². The standard InChI is InChI=1S/C31H32ClFN6O3/c1-15(2)24-26(16(3)10-11-34-24)39-29-18(12-19(32)25(36-29)23-20(33)8-7-9-22(23)42-6)27-28(31(39)41)37(5)30(40)21-13-35-17(4)14-38(21)27/h7-12,15,17,21,35H,13-14H2,1-6H3/t17-,21-/m1/s1. The molecule has 0 saturated carbocycles. The van der Waals surface area contributed by atoms with Crippen molar-refractivity contribution in [1.29, 1.82) is 0 Å². The van der Waals surface area contributed by atoms with Crippen molar-refractivity contribution in [3.63, 3.8) is 0 Å². The molecule has 9 nitrogen and oxygen atoms in total. The van der Waals surface area contributed by atoms with Crippen LogP contribution < -0.4 is 25.4 Å². The Balaban J connectivity index is 1.81. The number of pyridine rings is 3. The van der Waals surface area contributed by atoms with Crippen molar-refractivity contribution in [2.24, 2.45) is 0 Å². The lowest BCUT2D eigenvalue weighted by Gasteiger charge is -2.46. The van der Waals surface area contributed by atoms with Crippen LogP contribution in [0.1, 0.15) is 37.9 Å². The first-order chi connectivity index (χ1) is 20.0. The summed E-state index contributed by atoms with van der Waals surface area (Å²) < 4.78 is 22.3. The number of hydrogen-bond donors (Lipinski definition) is 1. The number of carbonyl (C=O) groups excluding carboxylic acids is 1. The zero-order valence-corrected chi connectivity index (χ0v) is 25.1. The Morgan fingerprint density at radius 1 is 1.17 bits per heavy atom. The van der Waals surface area contributed by atoms with E-state index in [-0.39, 0.29) is 51.2 Å². The molecular weight excluding hydrogens is 559 g/mol. The molecule has 0 aliphatic carbocycles. The molecule has 1 saturated heterocycles. The van der Waals surface area contributed by atoms with E-state index < -0.39 is 17.4 Å². The van der Waals surface area contributed by atoms with Gasteiger partial charge >= 0.3 is 0 Å². The molecule has 2 aliphatic rings. The lowest BCUT2D eigenvalue weighted by molar-refractivity contribution is -0.120. The van der Waals surface area contributed by atoms with E-state index in [1.807, 2.05) is 38.7 Å². The second kappa shape index (κ2) is 10.4. The van der Waals surface area contributed by atoms with Gasteiger partial charge in [0.2, 0.25) is 0 Å². The summed E-state index contributed by atoms with van der Waals surface area (Å²) in [5.41, 5.74) is 3.00. The smallest absolute Gasteiger partial charge is 0.283 e. The quantitative estimate of drug-likeness (QED) is 0.364. The highest BCUT2D eigenvalue weighted by molar-refractivity contribution is 6.34. The zero-order valence-electron chi connectivity index (χ0n) is 24.3. The molecular formula is C31H32ClFN6O3. The van der Waals surface area contributed by atoms with Crippen LogP contribution in [0, 0.1) is 12.7 Å². The summed E-state index contributed by atoms with van der Waals surface area (Å²) in [7, 11) is 3.08. The summed E-state index contributed by atoms with van der Waals surface area (Å²) in [4.78, 5) is 41.3. The molecule has 2 atom stereocenters. The van der Waals surface area contributed by atoms with Crippen LogP contribution in [-0.4, -0.2) is 59.8 Å². The van der Waals surface area contributed by atoms with Crippen molar-refractivity contribution in [1.82, 2.24) is 19.9 Å². The number of halogens is 2. The van der Waals surface area contributed by atoms with E-state index in [1.54, 1.807) is 31.4 Å². The number of benzene rings is 1. The molecule has 0 bridgehead atoms. The number of carbonyl (C=O) groups is 1. The highest BCUT2D eigenvalue weighted by atomic mass is 35.5. The lowest BCUT2D eigenvalue weighted by Crippen LogP contribution is -2.64. The predicted molar refractivity (Wildman–Crippen MR) is 163 cm³/mol. The Labute approximate surface area is 247 Å². The van der Waals surface area contributed by atoms with E-state index in [2.05, 4.69) is 10.3 Å². The molecule has 4 aromatic rings. The lowest BCUT2D eigenvalue weighted by atomic mass is 9.99. The number of aryl methyl sites for hydroxylation is 1. The van der Waals surface area contributed by atoms with Gasteiger partial charge in [-0.25, -0.2) is 9.37 Å². The molecule has 0 unspecified atom stereocenters. The number of fused-ring (bicyclic) bond motifs is 5. The van der Waals surface area contributed by atoms with Crippen LogP contribution in [-0.2, 0) is 4.79 Å². The van der Waals surface area contributed by atoms with Gasteiger partial charge in [0.15, 0.2) is 5.65 Å². The summed E-state index contributed by atoms with van der Waals surface area (Å²) in [6.07, 6.45) is 1.71. The third-order valence-electron chi connectivity index (χ3n) is 8.15. The van der Waals surface area contributed by atoms with Crippen LogP contribution in [0.15, 0.2) is 41.3 Å². The highest BCUT2D eigenvalue weighted by Crippen LogP contribution is 2.44. The number of nitrogens with one attached hydrogen (secondary N) is 1. The first-order valence-electron chi connectivity index (χ1n) is 13.9. The minimum Gasteiger partial charge on any atom is -0.496 e. The maximum Gasteiger partial charge on any atom is 0.283 e. The third kappa shape index (κ3) is 4.15. The largest absolute Gasteiger partial charge is 0.496 e. The van der Waals surface area contributed by atoms with Crippen LogP contribution in [0.3, 0.4) is 0 Å². The number of ether oxygens (including phenoxy) is 1. The van der Waals surface area contributed by atoms with E-state index in [4.69, 9.17) is 21.3 Å². The van der Waals surface area contributed by atoms with Gasteiger partial charge in [0, 0.05) is 37.8 Å². The molecule has 5 heterocycles. The Morgan fingerprint density at radius 2 is 1.93 bits per heavy atom. The fourth-order valence-corrected chi connectivity index (χ4v) is 6.38. The average molecular weight is 591 g/mol. The van der Waals surface area contributed by atoms with Gasteiger partial charge in [-0.1, -0.05) is 31.5 Å². The fourth-order valence-electron chi connectivity index (χ4n) is 6.13. The van der Waals surface area contributed by atoms with Crippen molar-refractivity contribution in [2.45, 2.75) is 45.7 Å². The Hall–Kier alpha value is -4.02. The van der Waals surface area contributed by atoms with E-state index >= 15 is 4.39 Å². The van der Waals surface area contributed by atoms with Gasteiger partial charge in [-0.15, -0.1) is 0 Å². The van der Waals surface area contributed by atoms with E-state index in [0.29, 0.717) is 35.5 Å². The number of nitrogens with zero attached hydrogens (tertiary/aromatic N) is 5. The molecule has 0 radical (unpaired) electrons. The molecule has 0 spiro atoms. The zero-order chi connectivity index (χ0) is 30.0. The Bertz CT molecular complexity index is 1820. The normalized spacial score (nSPS) is 18.5. The van der Waals surface area contributed by atoms with Gasteiger partial charge in [-0.2, -0.15) is 0 Å². The van der Waals surface area contributed by atoms with Crippen LogP contribution in [0.2, 0.25) is 5.02 Å². The van der Waals surface area contributed by atoms with Gasteiger partial charge in [-0.05, 0) is 49.6 Å². The van der Waals surface area contributed by atoms with Gasteiger partial charge in [0.1, 0.15) is 23.3 Å². The Kier molecular flexibility index (Phi) is 6.93. The highest BCUT2D eigenvalue weighted by Gasteiger charge is 2.43. The van der Waals surface area contributed by atoms with Gasteiger partial charge in [0.05, 0.1) is 40.5 Å². The number of likely N-dealkylation sites (N-methyl/N-ethyl adjacent to an activating group) is 1. The number of rotatable bonds is 4. The summed E-state index contributed by atoms with van der Waals surface area (Å²) in [5, 5.41) is 4.13. The number of anilines is 2. The number of piperazine rings is 1. The second-order valence-corrected chi connectivity index (χ2v) is 11.6. The number of amides is 1. The molecule has 218 valence electrons. The maximum absolute atomic E-state index is 15.4. The first kappa shape index (κ1) is 28.1. The fraction of sp³-hybridized carbons (Fsp3) is 0.355. The number of hydrogen-bond acceptors (Lipinski definition) is 7. The summed E-state index contributed by atoms with van der Waals surface area (Å²) >= 11 is 6.91. The molecule has 11 heteroatoms. The molecule has 1 fully saturated rings.